The summed E-state index contributed by atoms with van der Waals surface area (Å²) in [6, 6.07) is 10.3. The normalized spacial score (nSPS) is 12.1. The second-order valence-corrected chi connectivity index (χ2v) is 4.23. The number of nitrogens with one attached hydrogen (secondary N) is 1. The Labute approximate surface area is 116 Å². The van der Waals surface area contributed by atoms with E-state index in [9.17, 15) is 9.90 Å². The molecule has 2 aromatic rings. The number of carbonyl (C=O) groups excluding carboxylic acids is 1. The van der Waals surface area contributed by atoms with E-state index in [0.717, 1.165) is 5.56 Å². The van der Waals surface area contributed by atoms with E-state index in [4.69, 9.17) is 9.26 Å². The molecule has 0 spiro atoms. The summed E-state index contributed by atoms with van der Waals surface area (Å²) in [5.74, 6) is 0.0666. The molecule has 1 aromatic carbocycles. The molecule has 0 saturated carbocycles. The highest BCUT2D eigenvalue weighted by molar-refractivity contribution is 5.92. The molecule has 1 amide bonds. The number of rotatable bonds is 6. The standard InChI is InChI=1S/C14H16N2O4/c1-19-9-11-7-12(16-20-11)14(18)15-13(8-17)10-5-3-2-4-6-10/h2-7,13,17H,8-9H2,1H3,(H,15,18)/t13-/m1/s1. The predicted octanol–water partition coefficient (Wildman–Crippen LogP) is 1.28. The van der Waals surface area contributed by atoms with Crippen LogP contribution in [0.25, 0.3) is 0 Å². The molecule has 6 nitrogen and oxygen atoms in total. The minimum absolute atomic E-state index is 0.159. The zero-order valence-corrected chi connectivity index (χ0v) is 11.1. The van der Waals surface area contributed by atoms with Crippen LogP contribution in [0.3, 0.4) is 0 Å². The van der Waals surface area contributed by atoms with Gasteiger partial charge in [-0.3, -0.25) is 4.79 Å². The van der Waals surface area contributed by atoms with E-state index < -0.39 is 11.9 Å². The van der Waals surface area contributed by atoms with Crippen LogP contribution in [-0.4, -0.2) is 29.9 Å². The lowest BCUT2D eigenvalue weighted by atomic mass is 10.1. The highest BCUT2D eigenvalue weighted by Crippen LogP contribution is 2.13. The first-order valence-corrected chi connectivity index (χ1v) is 6.15. The quantitative estimate of drug-likeness (QED) is 0.830. The highest BCUT2D eigenvalue weighted by atomic mass is 16.5. The molecule has 1 aromatic heterocycles. The maximum absolute atomic E-state index is 12.0. The van der Waals surface area contributed by atoms with Gasteiger partial charge in [-0.15, -0.1) is 0 Å². The van der Waals surface area contributed by atoms with Gasteiger partial charge in [0.25, 0.3) is 5.91 Å². The van der Waals surface area contributed by atoms with Gasteiger partial charge < -0.3 is 19.7 Å². The minimum Gasteiger partial charge on any atom is -0.394 e. The van der Waals surface area contributed by atoms with Crippen molar-refractivity contribution < 1.29 is 19.2 Å². The third kappa shape index (κ3) is 3.43. The van der Waals surface area contributed by atoms with Gasteiger partial charge in [0, 0.05) is 13.2 Å². The average molecular weight is 276 g/mol. The smallest absolute Gasteiger partial charge is 0.274 e. The van der Waals surface area contributed by atoms with E-state index in [1.165, 1.54) is 13.2 Å². The molecule has 0 aliphatic carbocycles. The van der Waals surface area contributed by atoms with Crippen molar-refractivity contribution >= 4 is 5.91 Å². The molecule has 106 valence electrons. The summed E-state index contributed by atoms with van der Waals surface area (Å²) < 4.78 is 9.84. The van der Waals surface area contributed by atoms with Gasteiger partial charge in [-0.2, -0.15) is 0 Å². The molecule has 0 bridgehead atoms. The monoisotopic (exact) mass is 276 g/mol. The first-order chi connectivity index (χ1) is 9.74. The Morgan fingerprint density at radius 1 is 1.45 bits per heavy atom. The lowest BCUT2D eigenvalue weighted by Crippen LogP contribution is -2.30. The van der Waals surface area contributed by atoms with Gasteiger partial charge in [0.15, 0.2) is 11.5 Å². The van der Waals surface area contributed by atoms with Crippen LogP contribution in [0, 0.1) is 0 Å². The maximum atomic E-state index is 12.0. The van der Waals surface area contributed by atoms with Gasteiger partial charge >= 0.3 is 0 Å². The highest BCUT2D eigenvalue weighted by Gasteiger charge is 2.17. The zero-order chi connectivity index (χ0) is 14.4. The topological polar surface area (TPSA) is 84.6 Å². The van der Waals surface area contributed by atoms with Crippen molar-refractivity contribution in [1.29, 1.82) is 0 Å². The number of benzene rings is 1. The first-order valence-electron chi connectivity index (χ1n) is 6.15. The zero-order valence-electron chi connectivity index (χ0n) is 11.1. The second-order valence-electron chi connectivity index (χ2n) is 4.23. The number of ether oxygens (including phenoxy) is 1. The van der Waals surface area contributed by atoms with Crippen LogP contribution in [0.5, 0.6) is 0 Å². The molecule has 2 N–H and O–H groups in total. The number of methoxy groups -OCH3 is 1. The lowest BCUT2D eigenvalue weighted by Gasteiger charge is -2.15. The third-order valence-electron chi connectivity index (χ3n) is 2.77. The van der Waals surface area contributed by atoms with Crippen molar-refractivity contribution in [2.75, 3.05) is 13.7 Å². The van der Waals surface area contributed by atoms with Crippen LogP contribution < -0.4 is 5.32 Å². The molecule has 0 saturated heterocycles. The molecule has 1 heterocycles. The van der Waals surface area contributed by atoms with Crippen molar-refractivity contribution in [3.05, 3.63) is 53.4 Å². The predicted molar refractivity (Wildman–Crippen MR) is 71.0 cm³/mol. The van der Waals surface area contributed by atoms with Crippen molar-refractivity contribution in [2.45, 2.75) is 12.6 Å². The van der Waals surface area contributed by atoms with E-state index in [-0.39, 0.29) is 18.9 Å². The molecular weight excluding hydrogens is 260 g/mol. The van der Waals surface area contributed by atoms with Crippen LogP contribution >= 0.6 is 0 Å². The molecule has 0 unspecified atom stereocenters. The fourth-order valence-corrected chi connectivity index (χ4v) is 1.78. The Hall–Kier alpha value is -2.18. The van der Waals surface area contributed by atoms with Crippen molar-refractivity contribution in [3.63, 3.8) is 0 Å². The first kappa shape index (κ1) is 14.2. The number of aliphatic hydroxyl groups is 1. The molecule has 1 atom stereocenters. The molecule has 20 heavy (non-hydrogen) atoms. The lowest BCUT2D eigenvalue weighted by molar-refractivity contribution is 0.0906. The molecule has 0 aliphatic rings. The minimum atomic E-state index is -0.480. The molecule has 0 aliphatic heterocycles. The number of nitrogens with zero attached hydrogens (tertiary/aromatic N) is 1. The Bertz CT molecular complexity index is 553. The van der Waals surface area contributed by atoms with E-state index in [1.807, 2.05) is 30.3 Å². The largest absolute Gasteiger partial charge is 0.394 e. The van der Waals surface area contributed by atoms with E-state index in [1.54, 1.807) is 0 Å². The average Bonchev–Trinajstić information content (AvgIpc) is 2.94. The van der Waals surface area contributed by atoms with Crippen molar-refractivity contribution in [2.24, 2.45) is 0 Å². The van der Waals surface area contributed by atoms with Gasteiger partial charge in [0.2, 0.25) is 0 Å². The number of hydrogen-bond donors (Lipinski definition) is 2. The van der Waals surface area contributed by atoms with Crippen LogP contribution in [0.15, 0.2) is 40.9 Å². The summed E-state index contributed by atoms with van der Waals surface area (Å²) in [4.78, 5) is 12.0. The van der Waals surface area contributed by atoms with Crippen LogP contribution in [-0.2, 0) is 11.3 Å². The second kappa shape index (κ2) is 6.83. The molecule has 0 fully saturated rings. The van der Waals surface area contributed by atoms with Gasteiger partial charge in [0.05, 0.1) is 12.6 Å². The van der Waals surface area contributed by atoms with E-state index in [2.05, 4.69) is 10.5 Å². The molecule has 0 radical (unpaired) electrons. The summed E-state index contributed by atoms with van der Waals surface area (Å²) in [6.07, 6.45) is 0. The fraction of sp³-hybridized carbons (Fsp3) is 0.286. The number of hydrogen-bond acceptors (Lipinski definition) is 5. The number of aliphatic hydroxyl groups excluding tert-OH is 1. The van der Waals surface area contributed by atoms with Crippen LogP contribution in [0.4, 0.5) is 0 Å². The Kier molecular flexibility index (Phi) is 4.86. The molecular formula is C14H16N2O4. The summed E-state index contributed by atoms with van der Waals surface area (Å²) in [5, 5.41) is 15.8. The Balaban J connectivity index is 2.05. The number of aromatic nitrogens is 1. The van der Waals surface area contributed by atoms with E-state index >= 15 is 0 Å². The molecule has 6 heteroatoms. The summed E-state index contributed by atoms with van der Waals surface area (Å²) in [6.45, 7) is 0.0565. The SMILES string of the molecule is COCc1cc(C(=O)N[C@H](CO)c2ccccc2)no1. The number of amides is 1. The van der Waals surface area contributed by atoms with Gasteiger partial charge in [0.1, 0.15) is 6.61 Å². The maximum Gasteiger partial charge on any atom is 0.274 e. The van der Waals surface area contributed by atoms with Crippen molar-refractivity contribution in [1.82, 2.24) is 10.5 Å². The van der Waals surface area contributed by atoms with Gasteiger partial charge in [-0.25, -0.2) is 0 Å². The van der Waals surface area contributed by atoms with Gasteiger partial charge in [-0.1, -0.05) is 35.5 Å². The van der Waals surface area contributed by atoms with Crippen molar-refractivity contribution in [3.8, 4) is 0 Å². The fourth-order valence-electron chi connectivity index (χ4n) is 1.78. The van der Waals surface area contributed by atoms with Crippen LogP contribution in [0.1, 0.15) is 27.9 Å². The van der Waals surface area contributed by atoms with E-state index in [0.29, 0.717) is 5.76 Å². The number of carbonyl (C=O) groups is 1. The summed E-state index contributed by atoms with van der Waals surface area (Å²) in [5.41, 5.74) is 0.982. The summed E-state index contributed by atoms with van der Waals surface area (Å²) >= 11 is 0. The van der Waals surface area contributed by atoms with Gasteiger partial charge in [-0.05, 0) is 5.56 Å². The molecule has 2 rings (SSSR count). The third-order valence-corrected chi connectivity index (χ3v) is 2.77. The summed E-state index contributed by atoms with van der Waals surface area (Å²) in [7, 11) is 1.53. The van der Waals surface area contributed by atoms with Crippen LogP contribution in [0.2, 0.25) is 0 Å². The Morgan fingerprint density at radius 2 is 2.20 bits per heavy atom. The Morgan fingerprint density at radius 3 is 2.85 bits per heavy atom.